The number of hydrogen-bond acceptors (Lipinski definition) is 5. The monoisotopic (exact) mass is 542 g/mol. The lowest BCUT2D eigenvalue weighted by Gasteiger charge is -2.22. The Balaban J connectivity index is 0.000000604. The Morgan fingerprint density at radius 1 is 0.973 bits per heavy atom. The first-order chi connectivity index (χ1) is 17.1. The first-order valence-electron chi connectivity index (χ1n) is 10.3. The van der Waals surface area contributed by atoms with Crippen molar-refractivity contribution in [1.82, 2.24) is 0 Å². The molecule has 0 aliphatic carbocycles. The molecule has 0 saturated heterocycles. The van der Waals surface area contributed by atoms with E-state index in [-0.39, 0.29) is 16.1 Å². The smallest absolute Gasteiger partial charge is 0.478 e. The van der Waals surface area contributed by atoms with E-state index in [4.69, 9.17) is 9.90 Å². The van der Waals surface area contributed by atoms with Crippen molar-refractivity contribution < 1.29 is 45.8 Å². The molecule has 0 unspecified atom stereocenters. The molecule has 0 bridgehead atoms. The van der Waals surface area contributed by atoms with Gasteiger partial charge in [-0.05, 0) is 48.4 Å². The van der Waals surface area contributed by atoms with Gasteiger partial charge in [0.25, 0.3) is 10.0 Å². The Morgan fingerprint density at radius 2 is 1.57 bits per heavy atom. The van der Waals surface area contributed by atoms with E-state index in [1.165, 1.54) is 24.3 Å². The summed E-state index contributed by atoms with van der Waals surface area (Å²) in [7, 11) is -2.33. The lowest BCUT2D eigenvalue weighted by molar-refractivity contribution is -0.192. The van der Waals surface area contributed by atoms with Gasteiger partial charge in [0.2, 0.25) is 0 Å². The predicted octanol–water partition coefficient (Wildman–Crippen LogP) is 4.90. The fraction of sp³-hybridized carbons (Fsp3) is 0.167. The summed E-state index contributed by atoms with van der Waals surface area (Å²) in [4.78, 5) is 22.3. The van der Waals surface area contributed by atoms with Crippen LogP contribution >= 0.6 is 0 Å². The maximum Gasteiger partial charge on any atom is 0.490 e. The number of nitrogens with one attached hydrogen (secondary N) is 1. The van der Waals surface area contributed by atoms with Crippen molar-refractivity contribution in [3.05, 3.63) is 89.2 Å². The van der Waals surface area contributed by atoms with Gasteiger partial charge in [0.05, 0.1) is 16.1 Å². The maximum absolute atomic E-state index is 13.5. The highest BCUT2D eigenvalue weighted by molar-refractivity contribution is 7.92. The van der Waals surface area contributed by atoms with Crippen LogP contribution in [0.1, 0.15) is 21.5 Å². The van der Waals surface area contributed by atoms with Gasteiger partial charge in [-0.25, -0.2) is 22.4 Å². The third-order valence-corrected chi connectivity index (χ3v) is 6.36. The molecule has 0 aromatic heterocycles. The zero-order chi connectivity index (χ0) is 28.0. The number of aliphatic carboxylic acids is 1. The molecule has 13 heteroatoms. The molecule has 0 saturated carbocycles. The van der Waals surface area contributed by atoms with Gasteiger partial charge in [-0.3, -0.25) is 4.72 Å². The number of sulfonamides is 1. The second-order valence-corrected chi connectivity index (χ2v) is 9.35. The molecular formula is C24H22F4N2O6S. The Kier molecular flexibility index (Phi) is 9.23. The van der Waals surface area contributed by atoms with E-state index < -0.39 is 34.0 Å². The molecule has 8 nitrogen and oxygen atoms in total. The first-order valence-corrected chi connectivity index (χ1v) is 11.8. The molecule has 0 spiro atoms. The van der Waals surface area contributed by atoms with Crippen molar-refractivity contribution in [3.8, 4) is 0 Å². The summed E-state index contributed by atoms with van der Waals surface area (Å²) >= 11 is 0. The number of halogens is 4. The summed E-state index contributed by atoms with van der Waals surface area (Å²) in [6, 6.07) is 17.3. The largest absolute Gasteiger partial charge is 0.490 e. The highest BCUT2D eigenvalue weighted by atomic mass is 32.2. The summed E-state index contributed by atoms with van der Waals surface area (Å²) < 4.78 is 73.0. The minimum atomic E-state index is -5.08. The van der Waals surface area contributed by atoms with Crippen LogP contribution in [0.5, 0.6) is 0 Å². The van der Waals surface area contributed by atoms with Gasteiger partial charge in [0.1, 0.15) is 5.82 Å². The van der Waals surface area contributed by atoms with Gasteiger partial charge in [-0.2, -0.15) is 13.2 Å². The molecule has 0 amide bonds. The topological polar surface area (TPSA) is 124 Å². The van der Waals surface area contributed by atoms with Crippen molar-refractivity contribution in [2.75, 3.05) is 16.7 Å². The van der Waals surface area contributed by atoms with Crippen LogP contribution in [0.15, 0.2) is 71.6 Å². The Morgan fingerprint density at radius 3 is 2.11 bits per heavy atom. The van der Waals surface area contributed by atoms with Crippen molar-refractivity contribution in [2.24, 2.45) is 0 Å². The Labute approximate surface area is 209 Å². The van der Waals surface area contributed by atoms with Gasteiger partial charge in [-0.1, -0.05) is 36.4 Å². The molecule has 0 heterocycles. The number of aryl methyl sites for hydroxylation is 1. The van der Waals surface area contributed by atoms with Crippen LogP contribution in [0, 0.1) is 12.7 Å². The third-order valence-electron chi connectivity index (χ3n) is 4.84. The Hall–Kier alpha value is -4.13. The molecule has 0 aliphatic heterocycles. The number of carbonyl (C=O) groups is 2. The number of alkyl halides is 3. The summed E-state index contributed by atoms with van der Waals surface area (Å²) in [5.41, 5.74) is 1.85. The highest BCUT2D eigenvalue weighted by Gasteiger charge is 2.38. The number of aromatic carboxylic acids is 1. The van der Waals surface area contributed by atoms with Gasteiger partial charge in [0, 0.05) is 19.3 Å². The summed E-state index contributed by atoms with van der Waals surface area (Å²) in [5, 5.41) is 16.8. The predicted molar refractivity (Wildman–Crippen MR) is 128 cm³/mol. The molecule has 37 heavy (non-hydrogen) atoms. The number of benzene rings is 3. The quantitative estimate of drug-likeness (QED) is 0.363. The summed E-state index contributed by atoms with van der Waals surface area (Å²) in [6.45, 7) is 2.03. The minimum absolute atomic E-state index is 0.0513. The number of carboxylic acids is 2. The number of nitrogens with zero attached hydrogens (tertiary/aromatic N) is 1. The lowest BCUT2D eigenvalue weighted by atomic mass is 10.1. The number of hydrogen-bond donors (Lipinski definition) is 3. The molecular weight excluding hydrogens is 520 g/mol. The third kappa shape index (κ3) is 8.20. The van der Waals surface area contributed by atoms with Gasteiger partial charge < -0.3 is 15.1 Å². The first kappa shape index (κ1) is 29.1. The molecule has 3 aromatic rings. The van der Waals surface area contributed by atoms with Crippen LogP contribution in [0.2, 0.25) is 0 Å². The second-order valence-electron chi connectivity index (χ2n) is 7.70. The zero-order valence-electron chi connectivity index (χ0n) is 19.5. The Bertz CT molecular complexity index is 1380. The van der Waals surface area contributed by atoms with Gasteiger partial charge in [-0.15, -0.1) is 0 Å². The summed E-state index contributed by atoms with van der Waals surface area (Å²) in [6.07, 6.45) is -5.08. The van der Waals surface area contributed by atoms with E-state index in [0.717, 1.165) is 11.6 Å². The SMILES string of the molecule is Cc1ccc(F)cc1S(=O)(=O)Nc1ccc(N(C)Cc2ccccc2)c(C(=O)O)c1.O=C(O)C(F)(F)F. The second kappa shape index (κ2) is 11.7. The van der Waals surface area contributed by atoms with Crippen LogP contribution in [0.4, 0.5) is 28.9 Å². The molecule has 0 atom stereocenters. The fourth-order valence-corrected chi connectivity index (χ4v) is 4.43. The van der Waals surface area contributed by atoms with E-state index in [9.17, 15) is 35.9 Å². The number of carboxylic acid groups (broad SMARTS) is 2. The molecule has 0 aliphatic rings. The van der Waals surface area contributed by atoms with Crippen LogP contribution in [0.25, 0.3) is 0 Å². The standard InChI is InChI=1S/C22H21FN2O4S.C2HF3O2/c1-15-8-9-17(23)12-21(15)30(28,29)24-18-10-11-20(19(13-18)22(26)27)25(2)14-16-6-4-3-5-7-16;3-2(4,5)1(6)7/h3-13,24H,14H2,1-2H3,(H,26,27);(H,6,7). The van der Waals surface area contributed by atoms with E-state index >= 15 is 0 Å². The van der Waals surface area contributed by atoms with E-state index in [0.29, 0.717) is 17.8 Å². The van der Waals surface area contributed by atoms with E-state index in [2.05, 4.69) is 4.72 Å². The average molecular weight is 543 g/mol. The molecule has 3 aromatic carbocycles. The van der Waals surface area contributed by atoms with Crippen LogP contribution in [-0.2, 0) is 21.4 Å². The average Bonchev–Trinajstić information content (AvgIpc) is 2.80. The number of rotatable bonds is 7. The summed E-state index contributed by atoms with van der Waals surface area (Å²) in [5.74, 6) is -4.62. The van der Waals surface area contributed by atoms with Gasteiger partial charge in [0.15, 0.2) is 0 Å². The van der Waals surface area contributed by atoms with Crippen LogP contribution in [0.3, 0.4) is 0 Å². The van der Waals surface area contributed by atoms with Crippen molar-refractivity contribution >= 4 is 33.3 Å². The van der Waals surface area contributed by atoms with E-state index in [1.54, 1.807) is 24.9 Å². The van der Waals surface area contributed by atoms with Crippen molar-refractivity contribution in [3.63, 3.8) is 0 Å². The number of anilines is 2. The molecule has 0 fully saturated rings. The lowest BCUT2D eigenvalue weighted by Crippen LogP contribution is -2.21. The zero-order valence-corrected chi connectivity index (χ0v) is 20.3. The van der Waals surface area contributed by atoms with Crippen molar-refractivity contribution in [1.29, 1.82) is 0 Å². The van der Waals surface area contributed by atoms with Crippen LogP contribution < -0.4 is 9.62 Å². The molecule has 3 rings (SSSR count). The molecule has 3 N–H and O–H groups in total. The van der Waals surface area contributed by atoms with E-state index in [1.807, 2.05) is 30.3 Å². The molecule has 0 radical (unpaired) electrons. The normalized spacial score (nSPS) is 11.2. The van der Waals surface area contributed by atoms with Crippen molar-refractivity contribution in [2.45, 2.75) is 24.5 Å². The van der Waals surface area contributed by atoms with Gasteiger partial charge >= 0.3 is 18.1 Å². The maximum atomic E-state index is 13.5. The minimum Gasteiger partial charge on any atom is -0.478 e. The highest BCUT2D eigenvalue weighted by Crippen LogP contribution is 2.27. The fourth-order valence-electron chi connectivity index (χ4n) is 3.12. The van der Waals surface area contributed by atoms with Crippen LogP contribution in [-0.4, -0.2) is 43.8 Å². The molecule has 198 valence electrons.